The number of nitrogens with zero attached hydrogens (tertiary/aromatic N) is 2. The largest absolute Gasteiger partial charge is 0.326 e. The van der Waals surface area contributed by atoms with E-state index in [1.165, 1.54) is 27.8 Å². The second-order valence-electron chi connectivity index (χ2n) is 8.46. The molecule has 2 aliphatic rings. The van der Waals surface area contributed by atoms with Gasteiger partial charge in [-0.15, -0.1) is 11.3 Å². The van der Waals surface area contributed by atoms with Gasteiger partial charge in [0.1, 0.15) is 6.04 Å². The highest BCUT2D eigenvalue weighted by Gasteiger charge is 2.35. The molecule has 4 rings (SSSR count). The van der Waals surface area contributed by atoms with Crippen LogP contribution in [-0.2, 0) is 14.8 Å². The Morgan fingerprint density at radius 2 is 1.75 bits per heavy atom. The number of nitrogens with one attached hydrogen (secondary N) is 1. The Morgan fingerprint density at radius 1 is 1.03 bits per heavy atom. The van der Waals surface area contributed by atoms with Crippen molar-refractivity contribution in [1.82, 2.24) is 9.21 Å². The number of sulfonamides is 1. The predicted octanol–water partition coefficient (Wildman–Crippen LogP) is 3.94. The lowest BCUT2D eigenvalue weighted by Crippen LogP contribution is -2.43. The zero-order chi connectivity index (χ0) is 22.7. The number of carbonyl (C=O) groups excluding carboxylic acids is 2. The van der Waals surface area contributed by atoms with Crippen LogP contribution in [-0.4, -0.2) is 55.1 Å². The Morgan fingerprint density at radius 3 is 2.41 bits per heavy atom. The van der Waals surface area contributed by atoms with Gasteiger partial charge >= 0.3 is 0 Å². The second-order valence-corrected chi connectivity index (χ2v) is 11.4. The van der Waals surface area contributed by atoms with E-state index < -0.39 is 16.1 Å². The average Bonchev–Trinajstić information content (AvgIpc) is 3.51. The second kappa shape index (κ2) is 9.72. The first-order valence-corrected chi connectivity index (χ1v) is 13.4. The van der Waals surface area contributed by atoms with Crippen LogP contribution in [0.25, 0.3) is 0 Å². The molecule has 0 radical (unpaired) electrons. The summed E-state index contributed by atoms with van der Waals surface area (Å²) in [6.45, 7) is 0.555. The van der Waals surface area contributed by atoms with Crippen molar-refractivity contribution in [3.63, 3.8) is 0 Å². The van der Waals surface area contributed by atoms with E-state index in [9.17, 15) is 18.0 Å². The number of likely N-dealkylation sites (tertiary alicyclic amines) is 1. The van der Waals surface area contributed by atoms with Gasteiger partial charge in [0.25, 0.3) is 5.91 Å². The summed E-state index contributed by atoms with van der Waals surface area (Å²) in [5.74, 6) is -0.368. The van der Waals surface area contributed by atoms with Gasteiger partial charge < -0.3 is 10.2 Å². The number of amides is 2. The first kappa shape index (κ1) is 22.9. The normalized spacial score (nSPS) is 19.9. The lowest BCUT2D eigenvalue weighted by Gasteiger charge is -2.30. The van der Waals surface area contributed by atoms with Gasteiger partial charge in [-0.1, -0.05) is 25.3 Å². The number of thiophene rings is 1. The molecule has 2 fully saturated rings. The minimum absolute atomic E-state index is 0.0439. The average molecular weight is 476 g/mol. The van der Waals surface area contributed by atoms with Crippen LogP contribution in [0.4, 0.5) is 5.69 Å². The highest BCUT2D eigenvalue weighted by Crippen LogP contribution is 2.28. The van der Waals surface area contributed by atoms with Crippen LogP contribution >= 0.6 is 11.3 Å². The molecule has 2 aromatic rings. The molecule has 1 saturated heterocycles. The fourth-order valence-electron chi connectivity index (χ4n) is 4.57. The molecule has 32 heavy (non-hydrogen) atoms. The SMILES string of the molecule is CN(C1CCCCC1)S(=O)(=O)c1ccc(NC(=O)C2CCCN2C(=O)c2cccs2)cc1. The maximum absolute atomic E-state index is 13.0. The molecule has 1 unspecified atom stereocenters. The molecule has 1 N–H and O–H groups in total. The minimum Gasteiger partial charge on any atom is -0.326 e. The summed E-state index contributed by atoms with van der Waals surface area (Å²) in [4.78, 5) is 28.0. The third-order valence-electron chi connectivity index (χ3n) is 6.44. The first-order chi connectivity index (χ1) is 15.4. The van der Waals surface area contributed by atoms with E-state index in [1.807, 2.05) is 11.4 Å². The van der Waals surface area contributed by atoms with Gasteiger partial charge in [0.15, 0.2) is 0 Å². The lowest BCUT2D eigenvalue weighted by atomic mass is 9.96. The van der Waals surface area contributed by atoms with E-state index in [0.29, 0.717) is 23.5 Å². The number of rotatable bonds is 6. The molecule has 1 aliphatic carbocycles. The zero-order valence-electron chi connectivity index (χ0n) is 18.2. The molecule has 1 aromatic heterocycles. The quantitative estimate of drug-likeness (QED) is 0.686. The molecule has 7 nitrogen and oxygen atoms in total. The van der Waals surface area contributed by atoms with Gasteiger partial charge in [-0.2, -0.15) is 4.31 Å². The summed E-state index contributed by atoms with van der Waals surface area (Å²) in [6, 6.07) is 9.40. The van der Waals surface area contributed by atoms with Gasteiger partial charge in [-0.05, 0) is 61.4 Å². The minimum atomic E-state index is -3.58. The molecule has 9 heteroatoms. The van der Waals surface area contributed by atoms with Crippen LogP contribution in [0.15, 0.2) is 46.7 Å². The molecule has 1 saturated carbocycles. The monoisotopic (exact) mass is 475 g/mol. The van der Waals surface area contributed by atoms with Gasteiger partial charge in [0.2, 0.25) is 15.9 Å². The maximum Gasteiger partial charge on any atom is 0.264 e. The van der Waals surface area contributed by atoms with E-state index >= 15 is 0 Å². The maximum atomic E-state index is 13.0. The van der Waals surface area contributed by atoms with E-state index in [2.05, 4.69) is 5.32 Å². The summed E-state index contributed by atoms with van der Waals surface area (Å²) >= 11 is 1.37. The van der Waals surface area contributed by atoms with Crippen LogP contribution in [0.2, 0.25) is 0 Å². The number of anilines is 1. The van der Waals surface area contributed by atoms with Crippen LogP contribution in [0, 0.1) is 0 Å². The van der Waals surface area contributed by atoms with Crippen molar-refractivity contribution in [2.45, 2.75) is 61.9 Å². The summed E-state index contributed by atoms with van der Waals surface area (Å²) < 4.78 is 27.5. The lowest BCUT2D eigenvalue weighted by molar-refractivity contribution is -0.119. The van der Waals surface area contributed by atoms with Gasteiger partial charge in [-0.25, -0.2) is 8.42 Å². The molecule has 2 amide bonds. The van der Waals surface area contributed by atoms with Crippen LogP contribution in [0.5, 0.6) is 0 Å². The van der Waals surface area contributed by atoms with E-state index in [1.54, 1.807) is 30.1 Å². The first-order valence-electron chi connectivity index (χ1n) is 11.1. The van der Waals surface area contributed by atoms with Gasteiger partial charge in [0.05, 0.1) is 9.77 Å². The number of hydrogen-bond donors (Lipinski definition) is 1. The molecule has 1 aromatic carbocycles. The molecule has 172 valence electrons. The Hall–Kier alpha value is -2.23. The highest BCUT2D eigenvalue weighted by atomic mass is 32.2. The summed E-state index contributed by atoms with van der Waals surface area (Å²) in [5.41, 5.74) is 0.518. The van der Waals surface area contributed by atoms with E-state index in [-0.39, 0.29) is 22.8 Å². The summed E-state index contributed by atoms with van der Waals surface area (Å²) in [6.07, 6.45) is 6.46. The molecule has 0 bridgehead atoms. The van der Waals surface area contributed by atoms with E-state index in [4.69, 9.17) is 0 Å². The van der Waals surface area contributed by atoms with Crippen molar-refractivity contribution in [3.05, 3.63) is 46.7 Å². The van der Waals surface area contributed by atoms with Crippen molar-refractivity contribution >= 4 is 38.9 Å². The van der Waals surface area contributed by atoms with Crippen molar-refractivity contribution in [1.29, 1.82) is 0 Å². The molecule has 1 atom stereocenters. The Bertz CT molecular complexity index is 1050. The molecule has 1 aliphatic heterocycles. The van der Waals surface area contributed by atoms with Crippen LogP contribution in [0.3, 0.4) is 0 Å². The van der Waals surface area contributed by atoms with Crippen molar-refractivity contribution < 1.29 is 18.0 Å². The fourth-order valence-corrected chi connectivity index (χ4v) is 6.66. The molecular weight excluding hydrogens is 446 g/mol. The number of benzene rings is 1. The Balaban J connectivity index is 1.42. The third-order valence-corrected chi connectivity index (χ3v) is 9.22. The third kappa shape index (κ3) is 4.74. The number of carbonyl (C=O) groups is 2. The Kier molecular flexibility index (Phi) is 6.97. The number of hydrogen-bond acceptors (Lipinski definition) is 5. The van der Waals surface area contributed by atoms with Crippen LogP contribution < -0.4 is 5.32 Å². The summed E-state index contributed by atoms with van der Waals surface area (Å²) in [5, 5.41) is 4.69. The van der Waals surface area contributed by atoms with E-state index in [0.717, 1.165) is 38.5 Å². The standard InChI is InChI=1S/C23H29N3O4S2/c1-25(18-7-3-2-4-8-18)32(29,30)19-13-11-17(12-14-19)24-22(27)20-9-5-15-26(20)23(28)21-10-6-16-31-21/h6,10-14,16,18,20H,2-5,7-9,15H2,1H3,(H,24,27). The molecule has 2 heterocycles. The topological polar surface area (TPSA) is 86.8 Å². The molecule has 0 spiro atoms. The molecular formula is C23H29N3O4S2. The van der Waals surface area contributed by atoms with Crippen molar-refractivity contribution in [2.24, 2.45) is 0 Å². The van der Waals surface area contributed by atoms with Gasteiger partial charge in [-0.3, -0.25) is 9.59 Å². The van der Waals surface area contributed by atoms with Gasteiger partial charge in [0, 0.05) is 25.3 Å². The van der Waals surface area contributed by atoms with Crippen molar-refractivity contribution in [2.75, 3.05) is 18.9 Å². The Labute approximate surface area is 193 Å². The zero-order valence-corrected chi connectivity index (χ0v) is 19.8. The highest BCUT2D eigenvalue weighted by molar-refractivity contribution is 7.89. The fraction of sp³-hybridized carbons (Fsp3) is 0.478. The summed E-state index contributed by atoms with van der Waals surface area (Å²) in [7, 11) is -1.92. The smallest absolute Gasteiger partial charge is 0.264 e. The van der Waals surface area contributed by atoms with Crippen molar-refractivity contribution in [3.8, 4) is 0 Å². The predicted molar refractivity (Wildman–Crippen MR) is 125 cm³/mol. The van der Waals surface area contributed by atoms with Crippen LogP contribution in [0.1, 0.15) is 54.6 Å².